The minimum atomic E-state index is -0.986. The minimum Gasteiger partial charge on any atom is -0.478 e. The highest BCUT2D eigenvalue weighted by Gasteiger charge is 2.31. The SMILES string of the molecule is O=C1NC(=O)C(Cc2ccc(C(=O)O)cc2)S1. The van der Waals surface area contributed by atoms with E-state index in [4.69, 9.17) is 5.11 Å². The molecule has 0 saturated carbocycles. The molecule has 1 saturated heterocycles. The predicted octanol–water partition coefficient (Wildman–Crippen LogP) is 1.28. The maximum Gasteiger partial charge on any atom is 0.335 e. The number of hydrogen-bond donors (Lipinski definition) is 2. The first kappa shape index (κ1) is 11.7. The van der Waals surface area contributed by atoms with Crippen molar-refractivity contribution in [2.45, 2.75) is 11.7 Å². The van der Waals surface area contributed by atoms with Gasteiger partial charge in [0.05, 0.1) is 10.8 Å². The molecule has 2 rings (SSSR count). The van der Waals surface area contributed by atoms with Crippen LogP contribution in [0.15, 0.2) is 24.3 Å². The zero-order valence-corrected chi connectivity index (χ0v) is 9.49. The number of amides is 2. The second-order valence-electron chi connectivity index (χ2n) is 3.59. The highest BCUT2D eigenvalue weighted by atomic mass is 32.2. The summed E-state index contributed by atoms with van der Waals surface area (Å²) in [6, 6.07) is 6.27. The predicted molar refractivity (Wildman–Crippen MR) is 62.0 cm³/mol. The molecule has 1 aliphatic rings. The molecular weight excluding hydrogens is 242 g/mol. The van der Waals surface area contributed by atoms with Gasteiger partial charge >= 0.3 is 5.97 Å². The quantitative estimate of drug-likeness (QED) is 0.845. The highest BCUT2D eigenvalue weighted by molar-refractivity contribution is 8.15. The highest BCUT2D eigenvalue weighted by Crippen LogP contribution is 2.22. The summed E-state index contributed by atoms with van der Waals surface area (Å²) in [5.41, 5.74) is 1.03. The van der Waals surface area contributed by atoms with Gasteiger partial charge in [-0.25, -0.2) is 4.79 Å². The summed E-state index contributed by atoms with van der Waals surface area (Å²) in [4.78, 5) is 32.9. The Bertz CT molecular complexity index is 483. The van der Waals surface area contributed by atoms with E-state index in [1.54, 1.807) is 12.1 Å². The first-order valence-corrected chi connectivity index (χ1v) is 5.78. The molecule has 1 fully saturated rings. The van der Waals surface area contributed by atoms with Crippen molar-refractivity contribution in [2.75, 3.05) is 0 Å². The van der Waals surface area contributed by atoms with Crippen LogP contribution in [0.25, 0.3) is 0 Å². The fraction of sp³-hybridized carbons (Fsp3) is 0.182. The fourth-order valence-corrected chi connectivity index (χ4v) is 2.38. The van der Waals surface area contributed by atoms with Crippen molar-refractivity contribution in [2.24, 2.45) is 0 Å². The van der Waals surface area contributed by atoms with Gasteiger partial charge in [-0.3, -0.25) is 14.9 Å². The van der Waals surface area contributed by atoms with Gasteiger partial charge in [0.25, 0.3) is 5.24 Å². The van der Waals surface area contributed by atoms with Gasteiger partial charge in [-0.15, -0.1) is 0 Å². The Labute approximate surface area is 101 Å². The number of thioether (sulfide) groups is 1. The van der Waals surface area contributed by atoms with Crippen LogP contribution in [0.3, 0.4) is 0 Å². The van der Waals surface area contributed by atoms with Gasteiger partial charge in [-0.2, -0.15) is 0 Å². The van der Waals surface area contributed by atoms with Crippen LogP contribution in [0.1, 0.15) is 15.9 Å². The summed E-state index contributed by atoms with van der Waals surface area (Å²) in [7, 11) is 0. The maximum absolute atomic E-state index is 11.3. The van der Waals surface area contributed by atoms with Gasteiger partial charge in [0, 0.05) is 0 Å². The Balaban J connectivity index is 2.07. The summed E-state index contributed by atoms with van der Waals surface area (Å²) >= 11 is 0.963. The first-order chi connectivity index (χ1) is 8.06. The molecule has 2 amide bonds. The molecule has 2 N–H and O–H groups in total. The van der Waals surface area contributed by atoms with Gasteiger partial charge in [0.15, 0.2) is 0 Å². The van der Waals surface area contributed by atoms with Gasteiger partial charge in [0.1, 0.15) is 0 Å². The average molecular weight is 251 g/mol. The van der Waals surface area contributed by atoms with E-state index < -0.39 is 11.2 Å². The largest absolute Gasteiger partial charge is 0.478 e. The van der Waals surface area contributed by atoms with Crippen LogP contribution in [-0.2, 0) is 11.2 Å². The molecule has 0 bridgehead atoms. The summed E-state index contributed by atoms with van der Waals surface area (Å²) in [6.07, 6.45) is 0.419. The molecule has 1 unspecified atom stereocenters. The number of rotatable bonds is 3. The van der Waals surface area contributed by atoms with Crippen LogP contribution in [0.4, 0.5) is 4.79 Å². The van der Waals surface area contributed by atoms with Crippen molar-refractivity contribution in [3.05, 3.63) is 35.4 Å². The lowest BCUT2D eigenvalue weighted by atomic mass is 10.1. The number of carbonyl (C=O) groups is 3. The lowest BCUT2D eigenvalue weighted by Crippen LogP contribution is -2.25. The molecule has 5 nitrogen and oxygen atoms in total. The molecule has 0 radical (unpaired) electrons. The Kier molecular flexibility index (Phi) is 3.14. The zero-order valence-electron chi connectivity index (χ0n) is 8.67. The van der Waals surface area contributed by atoms with Crippen molar-refractivity contribution < 1.29 is 19.5 Å². The number of carboxylic acids is 1. The van der Waals surface area contributed by atoms with E-state index in [0.29, 0.717) is 6.42 Å². The second kappa shape index (κ2) is 4.58. The molecule has 1 aromatic rings. The number of nitrogens with one attached hydrogen (secondary N) is 1. The molecule has 0 spiro atoms. The van der Waals surface area contributed by atoms with Crippen molar-refractivity contribution in [3.63, 3.8) is 0 Å². The lowest BCUT2D eigenvalue weighted by Gasteiger charge is -2.05. The van der Waals surface area contributed by atoms with Crippen LogP contribution in [0, 0.1) is 0 Å². The van der Waals surface area contributed by atoms with Gasteiger partial charge in [-0.05, 0) is 24.1 Å². The molecule has 17 heavy (non-hydrogen) atoms. The van der Waals surface area contributed by atoms with Crippen LogP contribution in [-0.4, -0.2) is 27.5 Å². The molecular formula is C11H9NO4S. The number of carbonyl (C=O) groups excluding carboxylic acids is 2. The molecule has 0 aromatic heterocycles. The van der Waals surface area contributed by atoms with E-state index in [1.165, 1.54) is 12.1 Å². The molecule has 1 aromatic carbocycles. The smallest absolute Gasteiger partial charge is 0.335 e. The standard InChI is InChI=1S/C11H9NO4S/c13-9-8(17-11(16)12-9)5-6-1-3-7(4-2-6)10(14)15/h1-4,8H,5H2,(H,14,15)(H,12,13,16). The monoisotopic (exact) mass is 251 g/mol. The first-order valence-electron chi connectivity index (χ1n) is 4.90. The summed E-state index contributed by atoms with van der Waals surface area (Å²) in [5.74, 6) is -1.28. The maximum atomic E-state index is 11.3. The van der Waals surface area contributed by atoms with Crippen molar-refractivity contribution >= 4 is 28.9 Å². The summed E-state index contributed by atoms with van der Waals surface area (Å²) in [5, 5.41) is 10.2. The topological polar surface area (TPSA) is 83.5 Å². The molecule has 1 atom stereocenters. The van der Waals surface area contributed by atoms with Crippen LogP contribution < -0.4 is 5.32 Å². The average Bonchev–Trinajstić information content (AvgIpc) is 2.58. The van der Waals surface area contributed by atoms with E-state index in [1.807, 2.05) is 0 Å². The Hall–Kier alpha value is -1.82. The molecule has 1 heterocycles. The second-order valence-corrected chi connectivity index (χ2v) is 4.76. The Morgan fingerprint density at radius 3 is 2.41 bits per heavy atom. The number of hydrogen-bond acceptors (Lipinski definition) is 4. The van der Waals surface area contributed by atoms with Crippen molar-refractivity contribution in [1.82, 2.24) is 5.32 Å². The van der Waals surface area contributed by atoms with Crippen LogP contribution in [0.5, 0.6) is 0 Å². The minimum absolute atomic E-state index is 0.202. The Morgan fingerprint density at radius 1 is 1.29 bits per heavy atom. The zero-order chi connectivity index (χ0) is 12.4. The van der Waals surface area contributed by atoms with Gasteiger partial charge < -0.3 is 5.11 Å². The molecule has 0 aliphatic carbocycles. The van der Waals surface area contributed by atoms with E-state index in [9.17, 15) is 14.4 Å². The molecule has 88 valence electrons. The summed E-state index contributed by atoms with van der Waals surface area (Å²) < 4.78 is 0. The lowest BCUT2D eigenvalue weighted by molar-refractivity contribution is -0.118. The van der Waals surface area contributed by atoms with Crippen molar-refractivity contribution in [1.29, 1.82) is 0 Å². The fourth-order valence-electron chi connectivity index (χ4n) is 1.53. The number of aromatic carboxylic acids is 1. The number of carboxylic acid groups (broad SMARTS) is 1. The van der Waals surface area contributed by atoms with Crippen LogP contribution >= 0.6 is 11.8 Å². The van der Waals surface area contributed by atoms with Gasteiger partial charge in [-0.1, -0.05) is 23.9 Å². The Morgan fingerprint density at radius 2 is 1.94 bits per heavy atom. The van der Waals surface area contributed by atoms with Crippen LogP contribution in [0.2, 0.25) is 0 Å². The third kappa shape index (κ3) is 2.65. The third-order valence-electron chi connectivity index (χ3n) is 2.39. The van der Waals surface area contributed by atoms with E-state index in [2.05, 4.69) is 5.32 Å². The van der Waals surface area contributed by atoms with E-state index in [0.717, 1.165) is 17.3 Å². The summed E-state index contributed by atoms with van der Waals surface area (Å²) in [6.45, 7) is 0. The number of benzene rings is 1. The van der Waals surface area contributed by atoms with Gasteiger partial charge in [0.2, 0.25) is 5.91 Å². The van der Waals surface area contributed by atoms with E-state index in [-0.39, 0.29) is 16.7 Å². The van der Waals surface area contributed by atoms with E-state index >= 15 is 0 Å². The number of imide groups is 1. The third-order valence-corrected chi connectivity index (χ3v) is 3.37. The van der Waals surface area contributed by atoms with Crippen molar-refractivity contribution in [3.8, 4) is 0 Å². The molecule has 1 aliphatic heterocycles. The normalized spacial score (nSPS) is 19.2. The molecule has 6 heteroatoms.